The van der Waals surface area contributed by atoms with Crippen molar-refractivity contribution in [3.05, 3.63) is 70.5 Å². The Bertz CT molecular complexity index is 869. The molecule has 0 amide bonds. The summed E-state index contributed by atoms with van der Waals surface area (Å²) in [6.45, 7) is 0. The predicted molar refractivity (Wildman–Crippen MR) is 81.3 cm³/mol. The fourth-order valence-electron chi connectivity index (χ4n) is 3.23. The molecule has 3 aromatic rings. The summed E-state index contributed by atoms with van der Waals surface area (Å²) in [5.41, 5.74) is 3.27. The fraction of sp³-hybridized carbons (Fsp3) is 0.235. The van der Waals surface area contributed by atoms with Crippen LogP contribution < -0.4 is 5.56 Å². The third-order valence-electron chi connectivity index (χ3n) is 4.26. The van der Waals surface area contributed by atoms with Crippen LogP contribution in [0.15, 0.2) is 53.8 Å². The van der Waals surface area contributed by atoms with Gasteiger partial charge in [-0.2, -0.15) is 0 Å². The van der Waals surface area contributed by atoms with Crippen LogP contribution in [0.25, 0.3) is 10.9 Å². The lowest BCUT2D eigenvalue weighted by atomic mass is 9.87. The molecular formula is C17H15N3O. The van der Waals surface area contributed by atoms with E-state index < -0.39 is 0 Å². The molecule has 1 atom stereocenters. The number of nitrogens with zero attached hydrogens (tertiary/aromatic N) is 3. The second-order valence-electron chi connectivity index (χ2n) is 5.46. The number of aryl methyl sites for hydroxylation is 1. The second-order valence-corrected chi connectivity index (χ2v) is 5.46. The minimum absolute atomic E-state index is 0.0177. The first-order valence-corrected chi connectivity index (χ1v) is 7.23. The Kier molecular flexibility index (Phi) is 2.81. The van der Waals surface area contributed by atoms with Crippen LogP contribution in [-0.2, 0) is 6.42 Å². The highest BCUT2D eigenvalue weighted by molar-refractivity contribution is 5.75. The molecule has 1 aromatic carbocycles. The highest BCUT2D eigenvalue weighted by Crippen LogP contribution is 2.31. The molecule has 2 heterocycles. The second kappa shape index (κ2) is 4.81. The van der Waals surface area contributed by atoms with Gasteiger partial charge in [0.15, 0.2) is 0 Å². The van der Waals surface area contributed by atoms with E-state index in [1.807, 2.05) is 6.07 Å². The summed E-state index contributed by atoms with van der Waals surface area (Å²) in [6.07, 6.45) is 8.11. The summed E-state index contributed by atoms with van der Waals surface area (Å²) in [5, 5.41) is 0.635. The molecule has 0 unspecified atom stereocenters. The van der Waals surface area contributed by atoms with Crippen LogP contribution in [0, 0.1) is 0 Å². The summed E-state index contributed by atoms with van der Waals surface area (Å²) in [6, 6.07) is 10.2. The lowest BCUT2D eigenvalue weighted by molar-refractivity contribution is 0.475. The molecule has 0 fully saturated rings. The zero-order valence-electron chi connectivity index (χ0n) is 11.6. The smallest absolute Gasteiger partial charge is 0.261 e. The number of pyridine rings is 1. The van der Waals surface area contributed by atoms with E-state index in [0.717, 1.165) is 19.3 Å². The molecule has 1 aliphatic carbocycles. The maximum absolute atomic E-state index is 12.7. The molecule has 104 valence electrons. The van der Waals surface area contributed by atoms with E-state index in [-0.39, 0.29) is 11.6 Å². The molecule has 0 saturated carbocycles. The van der Waals surface area contributed by atoms with Crippen molar-refractivity contribution >= 4 is 10.9 Å². The van der Waals surface area contributed by atoms with E-state index >= 15 is 0 Å². The third kappa shape index (κ3) is 1.95. The first-order valence-electron chi connectivity index (χ1n) is 7.23. The third-order valence-corrected chi connectivity index (χ3v) is 4.26. The van der Waals surface area contributed by atoms with E-state index in [2.05, 4.69) is 28.2 Å². The minimum Gasteiger partial charge on any atom is -0.291 e. The van der Waals surface area contributed by atoms with E-state index in [1.165, 1.54) is 11.1 Å². The highest BCUT2D eigenvalue weighted by Gasteiger charge is 2.22. The average molecular weight is 277 g/mol. The van der Waals surface area contributed by atoms with Gasteiger partial charge in [0, 0.05) is 6.20 Å². The first-order chi connectivity index (χ1) is 10.3. The van der Waals surface area contributed by atoms with Gasteiger partial charge < -0.3 is 0 Å². The lowest BCUT2D eigenvalue weighted by Gasteiger charge is -2.27. The molecule has 4 heteroatoms. The highest BCUT2D eigenvalue weighted by atomic mass is 16.1. The van der Waals surface area contributed by atoms with Gasteiger partial charge in [-0.1, -0.05) is 24.3 Å². The van der Waals surface area contributed by atoms with Crippen LogP contribution in [-0.4, -0.2) is 14.5 Å². The lowest BCUT2D eigenvalue weighted by Crippen LogP contribution is -2.28. The van der Waals surface area contributed by atoms with Crippen molar-refractivity contribution in [2.24, 2.45) is 0 Å². The summed E-state index contributed by atoms with van der Waals surface area (Å²) >= 11 is 0. The van der Waals surface area contributed by atoms with Crippen molar-refractivity contribution in [3.63, 3.8) is 0 Å². The number of benzene rings is 1. The van der Waals surface area contributed by atoms with Gasteiger partial charge in [-0.3, -0.25) is 14.3 Å². The van der Waals surface area contributed by atoms with Gasteiger partial charge >= 0.3 is 0 Å². The quantitative estimate of drug-likeness (QED) is 0.687. The number of aromatic nitrogens is 3. The number of rotatable bonds is 1. The summed E-state index contributed by atoms with van der Waals surface area (Å²) in [7, 11) is 0. The van der Waals surface area contributed by atoms with Crippen LogP contribution in [0.1, 0.15) is 30.0 Å². The Morgan fingerprint density at radius 1 is 1.19 bits per heavy atom. The Morgan fingerprint density at radius 3 is 3.05 bits per heavy atom. The average Bonchev–Trinajstić information content (AvgIpc) is 2.55. The van der Waals surface area contributed by atoms with Gasteiger partial charge in [0.1, 0.15) is 0 Å². The Balaban J connectivity index is 1.92. The minimum atomic E-state index is 0.0177. The molecule has 21 heavy (non-hydrogen) atoms. The summed E-state index contributed by atoms with van der Waals surface area (Å²) < 4.78 is 1.78. The number of hydrogen-bond acceptors (Lipinski definition) is 3. The summed E-state index contributed by atoms with van der Waals surface area (Å²) in [4.78, 5) is 21.1. The standard InChI is InChI=1S/C17H15N3O/c21-17-14-8-9-18-10-15(14)19-11-20(17)16-7-3-5-12-4-1-2-6-13(12)16/h1-2,4,6,8-11,16H,3,5,7H2/t16-/m0/s1. The zero-order chi connectivity index (χ0) is 14.2. The van der Waals surface area contributed by atoms with Gasteiger partial charge in [-0.25, -0.2) is 4.98 Å². The van der Waals surface area contributed by atoms with Gasteiger partial charge in [0.25, 0.3) is 5.56 Å². The van der Waals surface area contributed by atoms with Gasteiger partial charge in [0.2, 0.25) is 0 Å². The van der Waals surface area contributed by atoms with E-state index in [4.69, 9.17) is 0 Å². The fourth-order valence-corrected chi connectivity index (χ4v) is 3.23. The van der Waals surface area contributed by atoms with Crippen LogP contribution in [0.2, 0.25) is 0 Å². The van der Waals surface area contributed by atoms with Crippen LogP contribution in [0.4, 0.5) is 0 Å². The molecule has 4 rings (SSSR count). The number of fused-ring (bicyclic) bond motifs is 2. The molecule has 0 spiro atoms. The van der Waals surface area contributed by atoms with Crippen molar-refractivity contribution in [2.75, 3.05) is 0 Å². The monoisotopic (exact) mass is 277 g/mol. The van der Waals surface area contributed by atoms with Crippen LogP contribution >= 0.6 is 0 Å². The molecule has 1 aliphatic rings. The molecule has 4 nitrogen and oxygen atoms in total. The van der Waals surface area contributed by atoms with E-state index in [0.29, 0.717) is 10.9 Å². The van der Waals surface area contributed by atoms with E-state index in [9.17, 15) is 4.79 Å². The molecule has 0 aliphatic heterocycles. The summed E-state index contributed by atoms with van der Waals surface area (Å²) in [5.74, 6) is 0. The van der Waals surface area contributed by atoms with Gasteiger partial charge in [0.05, 0.1) is 29.5 Å². The topological polar surface area (TPSA) is 47.8 Å². The van der Waals surface area contributed by atoms with Crippen molar-refractivity contribution in [2.45, 2.75) is 25.3 Å². The van der Waals surface area contributed by atoms with Gasteiger partial charge in [-0.15, -0.1) is 0 Å². The normalized spacial score (nSPS) is 17.6. The number of hydrogen-bond donors (Lipinski definition) is 0. The van der Waals surface area contributed by atoms with Crippen molar-refractivity contribution in [1.82, 2.24) is 14.5 Å². The van der Waals surface area contributed by atoms with Crippen molar-refractivity contribution in [1.29, 1.82) is 0 Å². The Hall–Kier alpha value is -2.49. The van der Waals surface area contributed by atoms with Crippen molar-refractivity contribution < 1.29 is 0 Å². The Labute approximate surface area is 122 Å². The van der Waals surface area contributed by atoms with Crippen LogP contribution in [0.5, 0.6) is 0 Å². The predicted octanol–water partition coefficient (Wildman–Crippen LogP) is 2.72. The maximum Gasteiger partial charge on any atom is 0.261 e. The molecule has 0 radical (unpaired) electrons. The molecule has 0 bridgehead atoms. The van der Waals surface area contributed by atoms with Crippen LogP contribution in [0.3, 0.4) is 0 Å². The van der Waals surface area contributed by atoms with Gasteiger partial charge in [-0.05, 0) is 36.5 Å². The zero-order valence-corrected chi connectivity index (χ0v) is 11.6. The largest absolute Gasteiger partial charge is 0.291 e. The molecule has 0 saturated heterocycles. The first kappa shape index (κ1) is 12.3. The van der Waals surface area contributed by atoms with Crippen molar-refractivity contribution in [3.8, 4) is 0 Å². The van der Waals surface area contributed by atoms with E-state index in [1.54, 1.807) is 29.4 Å². The SMILES string of the molecule is O=c1c2ccncc2ncn1[C@H]1CCCc2ccccc21. The maximum atomic E-state index is 12.7. The molecular weight excluding hydrogens is 262 g/mol. The Morgan fingerprint density at radius 2 is 2.10 bits per heavy atom. The molecule has 2 aromatic heterocycles. The molecule has 0 N–H and O–H groups in total.